The van der Waals surface area contributed by atoms with E-state index in [4.69, 9.17) is 0 Å². The topological polar surface area (TPSA) is 66.5 Å². The Morgan fingerprint density at radius 3 is 3.06 bits per heavy atom. The van der Waals surface area contributed by atoms with Gasteiger partial charge in [-0.05, 0) is 31.5 Å². The molecular weight excluding hydrogens is 226 g/mol. The van der Waals surface area contributed by atoms with Gasteiger partial charge in [-0.15, -0.1) is 0 Å². The van der Waals surface area contributed by atoms with Crippen molar-refractivity contribution in [2.24, 2.45) is 0 Å². The monoisotopic (exact) mass is 243 g/mol. The van der Waals surface area contributed by atoms with Gasteiger partial charge in [0.2, 0.25) is 0 Å². The van der Waals surface area contributed by atoms with Crippen molar-refractivity contribution in [3.05, 3.63) is 41.7 Å². The quantitative estimate of drug-likeness (QED) is 0.859. The van der Waals surface area contributed by atoms with Crippen LogP contribution in [0.1, 0.15) is 42.6 Å². The molecular formula is C13H17N5. The van der Waals surface area contributed by atoms with Crippen molar-refractivity contribution in [3.8, 4) is 0 Å². The molecule has 5 nitrogen and oxygen atoms in total. The number of aromatic nitrogens is 4. The summed E-state index contributed by atoms with van der Waals surface area (Å²) in [6, 6.07) is 6.22. The minimum Gasteiger partial charge on any atom is -0.307 e. The molecule has 2 aromatic rings. The van der Waals surface area contributed by atoms with Gasteiger partial charge in [0.05, 0.1) is 6.04 Å². The third-order valence-electron chi connectivity index (χ3n) is 3.25. The summed E-state index contributed by atoms with van der Waals surface area (Å²) in [5, 5.41) is 10.8. The van der Waals surface area contributed by atoms with Gasteiger partial charge in [-0.2, -0.15) is 5.10 Å². The molecule has 0 aromatic carbocycles. The van der Waals surface area contributed by atoms with Crippen LogP contribution >= 0.6 is 0 Å². The molecule has 1 unspecified atom stereocenters. The molecule has 94 valence electrons. The van der Waals surface area contributed by atoms with E-state index in [-0.39, 0.29) is 0 Å². The fourth-order valence-electron chi connectivity index (χ4n) is 2.29. The number of pyridine rings is 1. The van der Waals surface area contributed by atoms with Gasteiger partial charge in [-0.3, -0.25) is 10.1 Å². The Bertz CT molecular complexity index is 487. The van der Waals surface area contributed by atoms with Crippen molar-refractivity contribution in [1.82, 2.24) is 25.5 Å². The molecule has 5 heteroatoms. The number of nitrogens with zero attached hydrogens (tertiary/aromatic N) is 3. The standard InChI is InChI=1S/C13H17N5/c1-3-7-14-10(5-1)9-12-16-13(18-17-12)11-6-2-4-8-15-11/h1,3,5,7,11,15H,2,4,6,8-9H2,(H,16,17,18). The maximum atomic E-state index is 4.56. The molecule has 3 heterocycles. The first-order valence-corrected chi connectivity index (χ1v) is 6.46. The first-order valence-electron chi connectivity index (χ1n) is 6.46. The van der Waals surface area contributed by atoms with Crippen LogP contribution in [0.4, 0.5) is 0 Å². The molecule has 0 aliphatic carbocycles. The number of aromatic amines is 1. The second kappa shape index (κ2) is 5.27. The maximum Gasteiger partial charge on any atom is 0.167 e. The molecule has 0 spiro atoms. The third kappa shape index (κ3) is 2.56. The number of hydrogen-bond donors (Lipinski definition) is 2. The summed E-state index contributed by atoms with van der Waals surface area (Å²) in [5.74, 6) is 1.77. The molecule has 0 amide bonds. The van der Waals surface area contributed by atoms with E-state index in [1.807, 2.05) is 18.2 Å². The average molecular weight is 243 g/mol. The second-order valence-corrected chi connectivity index (χ2v) is 4.64. The van der Waals surface area contributed by atoms with Gasteiger partial charge in [0, 0.05) is 18.3 Å². The van der Waals surface area contributed by atoms with Crippen LogP contribution in [0.2, 0.25) is 0 Å². The van der Waals surface area contributed by atoms with Crippen molar-refractivity contribution in [2.75, 3.05) is 6.54 Å². The molecule has 18 heavy (non-hydrogen) atoms. The summed E-state index contributed by atoms with van der Waals surface area (Å²) in [5.41, 5.74) is 1.01. The lowest BCUT2D eigenvalue weighted by Crippen LogP contribution is -2.27. The van der Waals surface area contributed by atoms with E-state index >= 15 is 0 Å². The lowest BCUT2D eigenvalue weighted by molar-refractivity contribution is 0.398. The molecule has 1 saturated heterocycles. The SMILES string of the molecule is c1ccc(Cc2nc(C3CCCCN3)n[nH]2)nc1. The van der Waals surface area contributed by atoms with Crippen molar-refractivity contribution in [2.45, 2.75) is 31.7 Å². The van der Waals surface area contributed by atoms with Crippen molar-refractivity contribution in [1.29, 1.82) is 0 Å². The summed E-state index contributed by atoms with van der Waals surface area (Å²) in [6.07, 6.45) is 6.14. The average Bonchev–Trinajstić information content (AvgIpc) is 2.89. The Kier molecular flexibility index (Phi) is 3.32. The molecule has 2 aromatic heterocycles. The first-order chi connectivity index (χ1) is 8.92. The smallest absolute Gasteiger partial charge is 0.167 e. The molecule has 0 saturated carbocycles. The Hall–Kier alpha value is -1.75. The van der Waals surface area contributed by atoms with E-state index in [1.54, 1.807) is 6.20 Å². The van der Waals surface area contributed by atoms with Gasteiger partial charge >= 0.3 is 0 Å². The van der Waals surface area contributed by atoms with E-state index in [0.717, 1.165) is 30.3 Å². The predicted octanol–water partition coefficient (Wildman–Crippen LogP) is 1.61. The minimum atomic E-state index is 0.312. The summed E-state index contributed by atoms with van der Waals surface area (Å²) in [4.78, 5) is 8.85. The van der Waals surface area contributed by atoms with Gasteiger partial charge in [0.15, 0.2) is 5.82 Å². The fourth-order valence-corrected chi connectivity index (χ4v) is 2.29. The summed E-state index contributed by atoms with van der Waals surface area (Å²) >= 11 is 0. The van der Waals surface area contributed by atoms with Gasteiger partial charge in [0.25, 0.3) is 0 Å². The predicted molar refractivity (Wildman–Crippen MR) is 68.0 cm³/mol. The van der Waals surface area contributed by atoms with Crippen molar-refractivity contribution in [3.63, 3.8) is 0 Å². The van der Waals surface area contributed by atoms with Gasteiger partial charge in [-0.1, -0.05) is 12.5 Å². The number of rotatable bonds is 3. The highest BCUT2D eigenvalue weighted by Crippen LogP contribution is 2.19. The Morgan fingerprint density at radius 2 is 2.28 bits per heavy atom. The van der Waals surface area contributed by atoms with Gasteiger partial charge in [0.1, 0.15) is 5.82 Å². The van der Waals surface area contributed by atoms with Crippen LogP contribution < -0.4 is 5.32 Å². The second-order valence-electron chi connectivity index (χ2n) is 4.64. The molecule has 0 bridgehead atoms. The van der Waals surface area contributed by atoms with Crippen LogP contribution in [0.5, 0.6) is 0 Å². The number of H-pyrrole nitrogens is 1. The number of piperidine rings is 1. The zero-order valence-electron chi connectivity index (χ0n) is 10.3. The lowest BCUT2D eigenvalue weighted by Gasteiger charge is -2.20. The van der Waals surface area contributed by atoms with E-state index < -0.39 is 0 Å². The van der Waals surface area contributed by atoms with E-state index in [1.165, 1.54) is 12.8 Å². The van der Waals surface area contributed by atoms with Crippen LogP contribution in [-0.4, -0.2) is 26.7 Å². The zero-order chi connectivity index (χ0) is 12.2. The summed E-state index contributed by atoms with van der Waals surface area (Å²) < 4.78 is 0. The van der Waals surface area contributed by atoms with Crippen molar-refractivity contribution < 1.29 is 0 Å². The highest BCUT2D eigenvalue weighted by atomic mass is 15.2. The van der Waals surface area contributed by atoms with Crippen LogP contribution in [0.15, 0.2) is 24.4 Å². The third-order valence-corrected chi connectivity index (χ3v) is 3.25. The lowest BCUT2D eigenvalue weighted by atomic mass is 10.0. The molecule has 1 fully saturated rings. The molecule has 1 aliphatic rings. The van der Waals surface area contributed by atoms with Crippen LogP contribution in [0.25, 0.3) is 0 Å². The van der Waals surface area contributed by atoms with Crippen LogP contribution in [0, 0.1) is 0 Å². The largest absolute Gasteiger partial charge is 0.307 e. The summed E-state index contributed by atoms with van der Waals surface area (Å²) in [7, 11) is 0. The molecule has 0 radical (unpaired) electrons. The van der Waals surface area contributed by atoms with Crippen molar-refractivity contribution >= 4 is 0 Å². The number of nitrogens with one attached hydrogen (secondary N) is 2. The molecule has 3 rings (SSSR count). The zero-order valence-corrected chi connectivity index (χ0v) is 10.3. The fraction of sp³-hybridized carbons (Fsp3) is 0.462. The van der Waals surface area contributed by atoms with Crippen LogP contribution in [-0.2, 0) is 6.42 Å². The summed E-state index contributed by atoms with van der Waals surface area (Å²) in [6.45, 7) is 1.06. The molecule has 1 aliphatic heterocycles. The molecule has 2 N–H and O–H groups in total. The Labute approximate surface area is 106 Å². The Morgan fingerprint density at radius 1 is 1.28 bits per heavy atom. The highest BCUT2D eigenvalue weighted by molar-refractivity contribution is 5.10. The Balaban J connectivity index is 1.69. The highest BCUT2D eigenvalue weighted by Gasteiger charge is 2.18. The van der Waals surface area contributed by atoms with E-state index in [0.29, 0.717) is 12.5 Å². The maximum absolute atomic E-state index is 4.56. The van der Waals surface area contributed by atoms with Gasteiger partial charge < -0.3 is 5.32 Å². The van der Waals surface area contributed by atoms with E-state index in [2.05, 4.69) is 25.5 Å². The number of hydrogen-bond acceptors (Lipinski definition) is 4. The normalized spacial score (nSPS) is 19.9. The minimum absolute atomic E-state index is 0.312. The van der Waals surface area contributed by atoms with Gasteiger partial charge in [-0.25, -0.2) is 4.98 Å². The first kappa shape index (κ1) is 11.3. The molecule has 1 atom stereocenters. The van der Waals surface area contributed by atoms with Crippen LogP contribution in [0.3, 0.4) is 0 Å². The van der Waals surface area contributed by atoms with E-state index in [9.17, 15) is 0 Å².